The molecule has 6 heteroatoms. The molecule has 2 aromatic rings. The van der Waals surface area contributed by atoms with E-state index in [0.717, 1.165) is 20.8 Å². The molecule has 1 aromatic heterocycles. The summed E-state index contributed by atoms with van der Waals surface area (Å²) in [6.45, 7) is 0.240. The first-order valence-corrected chi connectivity index (χ1v) is 5.35. The van der Waals surface area contributed by atoms with Crippen LogP contribution in [0.5, 0.6) is 0 Å². The summed E-state index contributed by atoms with van der Waals surface area (Å²) in [6.07, 6.45) is 1.08. The maximum absolute atomic E-state index is 11.4. The Labute approximate surface area is 98.9 Å². The highest BCUT2D eigenvalue weighted by Gasteiger charge is 2.01. The monoisotopic (exact) mass is 281 g/mol. The van der Waals surface area contributed by atoms with Gasteiger partial charge in [-0.3, -0.25) is 9.36 Å². The van der Waals surface area contributed by atoms with Crippen LogP contribution in [0.2, 0.25) is 0 Å². The van der Waals surface area contributed by atoms with Gasteiger partial charge in [-0.05, 0) is 17.7 Å². The standard InChI is InChI=1S/C10H8BrN3O2/c11-8-3-1-7(2-4-8)6-14-9(15)5-12-13-10(14)16/h1-5H,6H2,(H,13,16). The van der Waals surface area contributed by atoms with E-state index >= 15 is 0 Å². The van der Waals surface area contributed by atoms with Gasteiger partial charge < -0.3 is 0 Å². The molecule has 1 aromatic carbocycles. The summed E-state index contributed by atoms with van der Waals surface area (Å²) >= 11 is 3.31. The highest BCUT2D eigenvalue weighted by atomic mass is 79.9. The lowest BCUT2D eigenvalue weighted by atomic mass is 10.2. The summed E-state index contributed by atoms with van der Waals surface area (Å²) in [4.78, 5) is 22.7. The third-order valence-corrected chi connectivity index (χ3v) is 2.63. The van der Waals surface area contributed by atoms with E-state index in [1.54, 1.807) is 0 Å². The summed E-state index contributed by atoms with van der Waals surface area (Å²) < 4.78 is 2.04. The number of aromatic nitrogens is 3. The third-order valence-electron chi connectivity index (χ3n) is 2.10. The van der Waals surface area contributed by atoms with E-state index in [0.29, 0.717) is 0 Å². The molecule has 0 spiro atoms. The van der Waals surface area contributed by atoms with Crippen molar-refractivity contribution in [2.75, 3.05) is 0 Å². The first-order chi connectivity index (χ1) is 7.66. The van der Waals surface area contributed by atoms with Crippen LogP contribution in [0.15, 0.2) is 44.5 Å². The van der Waals surface area contributed by atoms with Crippen molar-refractivity contribution in [1.82, 2.24) is 14.8 Å². The van der Waals surface area contributed by atoms with Crippen LogP contribution in [-0.2, 0) is 6.54 Å². The van der Waals surface area contributed by atoms with Gasteiger partial charge >= 0.3 is 5.69 Å². The predicted octanol–water partition coefficient (Wildman–Crippen LogP) is 0.742. The number of aromatic amines is 1. The number of nitrogens with zero attached hydrogens (tertiary/aromatic N) is 2. The number of hydrogen-bond donors (Lipinski definition) is 1. The van der Waals surface area contributed by atoms with E-state index in [2.05, 4.69) is 26.1 Å². The molecular weight excluding hydrogens is 274 g/mol. The van der Waals surface area contributed by atoms with Crippen LogP contribution >= 0.6 is 15.9 Å². The van der Waals surface area contributed by atoms with Crippen molar-refractivity contribution in [1.29, 1.82) is 0 Å². The van der Waals surface area contributed by atoms with Gasteiger partial charge in [0.1, 0.15) is 6.20 Å². The van der Waals surface area contributed by atoms with Gasteiger partial charge in [0.2, 0.25) is 0 Å². The van der Waals surface area contributed by atoms with Gasteiger partial charge in [0, 0.05) is 4.47 Å². The van der Waals surface area contributed by atoms with Crippen LogP contribution < -0.4 is 11.2 Å². The van der Waals surface area contributed by atoms with Crippen molar-refractivity contribution >= 4 is 15.9 Å². The smallest absolute Gasteiger partial charge is 0.267 e. The molecule has 0 aliphatic carbocycles. The van der Waals surface area contributed by atoms with Gasteiger partial charge in [-0.25, -0.2) is 9.89 Å². The first kappa shape index (κ1) is 10.8. The van der Waals surface area contributed by atoms with Crippen molar-refractivity contribution in [2.24, 2.45) is 0 Å². The van der Waals surface area contributed by atoms with Crippen LogP contribution in [0.1, 0.15) is 5.56 Å². The maximum Gasteiger partial charge on any atom is 0.345 e. The number of benzene rings is 1. The first-order valence-electron chi connectivity index (χ1n) is 4.56. The number of H-pyrrole nitrogens is 1. The molecule has 1 N–H and O–H groups in total. The van der Waals surface area contributed by atoms with E-state index in [9.17, 15) is 9.59 Å². The summed E-state index contributed by atoms with van der Waals surface area (Å²) in [5, 5.41) is 5.64. The van der Waals surface area contributed by atoms with Crippen molar-refractivity contribution in [3.8, 4) is 0 Å². The van der Waals surface area contributed by atoms with Gasteiger partial charge in [-0.2, -0.15) is 5.10 Å². The summed E-state index contributed by atoms with van der Waals surface area (Å²) in [7, 11) is 0. The van der Waals surface area contributed by atoms with Crippen molar-refractivity contribution in [2.45, 2.75) is 6.54 Å². The summed E-state index contributed by atoms with van der Waals surface area (Å²) in [5.41, 5.74) is -0.0379. The van der Waals surface area contributed by atoms with E-state index in [1.165, 1.54) is 0 Å². The zero-order valence-electron chi connectivity index (χ0n) is 8.18. The molecule has 0 aliphatic rings. The van der Waals surface area contributed by atoms with Crippen LogP contribution in [0, 0.1) is 0 Å². The second-order valence-electron chi connectivity index (χ2n) is 3.23. The van der Waals surface area contributed by atoms with Gasteiger partial charge in [0.05, 0.1) is 6.54 Å². The Hall–Kier alpha value is -1.69. The Bertz CT molecular complexity index is 572. The van der Waals surface area contributed by atoms with Gasteiger partial charge in [-0.1, -0.05) is 28.1 Å². The van der Waals surface area contributed by atoms with Crippen molar-refractivity contribution in [3.05, 3.63) is 61.3 Å². The molecule has 0 saturated carbocycles. The van der Waals surface area contributed by atoms with Gasteiger partial charge in [0.25, 0.3) is 5.56 Å². The van der Waals surface area contributed by atoms with E-state index in [-0.39, 0.29) is 6.54 Å². The summed E-state index contributed by atoms with van der Waals surface area (Å²) in [5.74, 6) is 0. The van der Waals surface area contributed by atoms with Gasteiger partial charge in [-0.15, -0.1) is 0 Å². The lowest BCUT2D eigenvalue weighted by Crippen LogP contribution is -2.35. The molecule has 0 bridgehead atoms. The normalized spacial score (nSPS) is 10.3. The molecule has 82 valence electrons. The minimum absolute atomic E-state index is 0.240. The van der Waals surface area contributed by atoms with Crippen LogP contribution in [0.4, 0.5) is 0 Å². The predicted molar refractivity (Wildman–Crippen MR) is 62.4 cm³/mol. The molecular formula is C10H8BrN3O2. The highest BCUT2D eigenvalue weighted by Crippen LogP contribution is 2.10. The lowest BCUT2D eigenvalue weighted by Gasteiger charge is -2.03. The molecule has 0 radical (unpaired) electrons. The molecule has 0 fully saturated rings. The van der Waals surface area contributed by atoms with Crippen molar-refractivity contribution < 1.29 is 0 Å². The molecule has 0 atom stereocenters. The highest BCUT2D eigenvalue weighted by molar-refractivity contribution is 9.10. The zero-order chi connectivity index (χ0) is 11.5. The van der Waals surface area contributed by atoms with E-state index in [4.69, 9.17) is 0 Å². The van der Waals surface area contributed by atoms with Crippen LogP contribution in [-0.4, -0.2) is 14.8 Å². The maximum atomic E-state index is 11.4. The molecule has 0 saturated heterocycles. The molecule has 5 nitrogen and oxygen atoms in total. The average molecular weight is 282 g/mol. The Morgan fingerprint density at radius 3 is 2.56 bits per heavy atom. The third kappa shape index (κ3) is 2.27. The molecule has 16 heavy (non-hydrogen) atoms. The Balaban J connectivity index is 2.38. The molecule has 1 heterocycles. The molecule has 0 amide bonds. The quantitative estimate of drug-likeness (QED) is 0.883. The fraction of sp³-hybridized carbons (Fsp3) is 0.100. The van der Waals surface area contributed by atoms with E-state index in [1.807, 2.05) is 24.3 Å². The Kier molecular flexibility index (Phi) is 3.00. The average Bonchev–Trinajstić information content (AvgIpc) is 2.26. The topological polar surface area (TPSA) is 67.8 Å². The molecule has 0 unspecified atom stereocenters. The summed E-state index contributed by atoms with van der Waals surface area (Å²) in [6, 6.07) is 7.40. The second kappa shape index (κ2) is 4.44. The molecule has 2 rings (SSSR count). The van der Waals surface area contributed by atoms with Crippen LogP contribution in [0.3, 0.4) is 0 Å². The Morgan fingerprint density at radius 2 is 1.94 bits per heavy atom. The number of hydrogen-bond acceptors (Lipinski definition) is 3. The number of halogens is 1. The largest absolute Gasteiger partial charge is 0.345 e. The number of rotatable bonds is 2. The molecule has 0 aliphatic heterocycles. The lowest BCUT2D eigenvalue weighted by molar-refractivity contribution is 0.667. The van der Waals surface area contributed by atoms with Gasteiger partial charge in [0.15, 0.2) is 0 Å². The minimum Gasteiger partial charge on any atom is -0.267 e. The minimum atomic E-state index is -0.504. The fourth-order valence-electron chi connectivity index (χ4n) is 1.29. The second-order valence-corrected chi connectivity index (χ2v) is 4.14. The van der Waals surface area contributed by atoms with E-state index < -0.39 is 11.2 Å². The SMILES string of the molecule is O=c1cn[nH]c(=O)n1Cc1ccc(Br)cc1. The van der Waals surface area contributed by atoms with Crippen LogP contribution in [0.25, 0.3) is 0 Å². The Morgan fingerprint density at radius 1 is 1.25 bits per heavy atom. The zero-order valence-corrected chi connectivity index (χ0v) is 9.77. The fourth-order valence-corrected chi connectivity index (χ4v) is 1.56. The van der Waals surface area contributed by atoms with Crippen molar-refractivity contribution in [3.63, 3.8) is 0 Å². The number of nitrogens with one attached hydrogen (secondary N) is 1.